The van der Waals surface area contributed by atoms with Crippen LogP contribution in [0.3, 0.4) is 0 Å². The Kier molecular flexibility index (Phi) is 3.28. The number of nitrogens with zero attached hydrogens (tertiary/aromatic N) is 2. The summed E-state index contributed by atoms with van der Waals surface area (Å²) in [5.74, 6) is 0. The lowest BCUT2D eigenvalue weighted by Gasteiger charge is -2.08. The van der Waals surface area contributed by atoms with Gasteiger partial charge in [0.2, 0.25) is 0 Å². The molecule has 0 spiro atoms. The van der Waals surface area contributed by atoms with Gasteiger partial charge >= 0.3 is 0 Å². The first kappa shape index (κ1) is 12.5. The molecule has 0 bridgehead atoms. The summed E-state index contributed by atoms with van der Waals surface area (Å²) in [5, 5.41) is 8.81. The van der Waals surface area contributed by atoms with E-state index in [0.29, 0.717) is 5.25 Å². The van der Waals surface area contributed by atoms with Crippen molar-refractivity contribution in [2.45, 2.75) is 48.5 Å². The molecule has 1 aromatic carbocycles. The molecule has 1 aliphatic heterocycles. The number of aromatic nitrogens is 2. The van der Waals surface area contributed by atoms with Gasteiger partial charge in [-0.1, -0.05) is 18.2 Å². The Hall–Kier alpha value is -1.26. The maximum atomic E-state index is 4.68. The fourth-order valence-corrected chi connectivity index (χ4v) is 4.01. The number of hydrogen-bond acceptors (Lipinski definition) is 3. The van der Waals surface area contributed by atoms with Crippen LogP contribution in [-0.2, 0) is 19.5 Å². The molecule has 1 aliphatic carbocycles. The van der Waals surface area contributed by atoms with Crippen LogP contribution in [0.5, 0.6) is 0 Å². The SMILES string of the molecule is c1ccc2c(c1)CC(Cn1ccc(CNC3CC3)n1)S2. The molecule has 0 amide bonds. The second kappa shape index (κ2) is 5.26. The molecular weight excluding hydrogens is 266 g/mol. The Bertz CT molecular complexity index is 578. The van der Waals surface area contributed by atoms with Gasteiger partial charge in [0.15, 0.2) is 0 Å². The molecule has 1 saturated carbocycles. The Morgan fingerprint density at radius 1 is 1.25 bits per heavy atom. The van der Waals surface area contributed by atoms with Crippen LogP contribution in [0.2, 0.25) is 0 Å². The van der Waals surface area contributed by atoms with Crippen molar-refractivity contribution < 1.29 is 0 Å². The van der Waals surface area contributed by atoms with E-state index in [0.717, 1.165) is 31.2 Å². The average Bonchev–Trinajstić information content (AvgIpc) is 3.04. The van der Waals surface area contributed by atoms with E-state index >= 15 is 0 Å². The van der Waals surface area contributed by atoms with Crippen LogP contribution in [0.15, 0.2) is 41.4 Å². The maximum absolute atomic E-state index is 4.68. The summed E-state index contributed by atoms with van der Waals surface area (Å²) >= 11 is 1.99. The Labute approximate surface area is 123 Å². The fraction of sp³-hybridized carbons (Fsp3) is 0.438. The van der Waals surface area contributed by atoms with Gasteiger partial charge in [-0.15, -0.1) is 11.8 Å². The summed E-state index contributed by atoms with van der Waals surface area (Å²) in [4.78, 5) is 1.44. The van der Waals surface area contributed by atoms with E-state index in [1.165, 1.54) is 23.3 Å². The van der Waals surface area contributed by atoms with Gasteiger partial charge in [0.1, 0.15) is 0 Å². The summed E-state index contributed by atoms with van der Waals surface area (Å²) in [6, 6.07) is 11.6. The Balaban J connectivity index is 1.35. The molecule has 1 atom stereocenters. The van der Waals surface area contributed by atoms with Crippen molar-refractivity contribution in [3.63, 3.8) is 0 Å². The molecule has 4 heteroatoms. The maximum Gasteiger partial charge on any atom is 0.0762 e. The third-order valence-corrected chi connectivity index (χ3v) is 5.25. The molecule has 2 aliphatic rings. The molecule has 0 radical (unpaired) electrons. The van der Waals surface area contributed by atoms with Gasteiger partial charge in [-0.25, -0.2) is 0 Å². The van der Waals surface area contributed by atoms with Gasteiger partial charge in [0.05, 0.1) is 12.2 Å². The van der Waals surface area contributed by atoms with Crippen LogP contribution in [0.25, 0.3) is 0 Å². The third kappa shape index (κ3) is 2.76. The van der Waals surface area contributed by atoms with Crippen LogP contribution < -0.4 is 5.32 Å². The van der Waals surface area contributed by atoms with Crippen molar-refractivity contribution in [1.82, 2.24) is 15.1 Å². The van der Waals surface area contributed by atoms with E-state index in [4.69, 9.17) is 0 Å². The van der Waals surface area contributed by atoms with Gasteiger partial charge in [0, 0.05) is 28.9 Å². The second-order valence-corrected chi connectivity index (χ2v) is 7.08. The molecular formula is C16H19N3S. The lowest BCUT2D eigenvalue weighted by atomic mass is 10.1. The van der Waals surface area contributed by atoms with Crippen LogP contribution >= 0.6 is 11.8 Å². The van der Waals surface area contributed by atoms with Crippen LogP contribution in [0, 0.1) is 0 Å². The third-order valence-electron chi connectivity index (χ3n) is 3.95. The molecule has 1 unspecified atom stereocenters. The second-order valence-electron chi connectivity index (χ2n) is 5.74. The lowest BCUT2D eigenvalue weighted by Crippen LogP contribution is -2.17. The predicted octanol–water partition coefficient (Wildman–Crippen LogP) is 2.85. The highest BCUT2D eigenvalue weighted by molar-refractivity contribution is 8.00. The summed E-state index contributed by atoms with van der Waals surface area (Å²) in [6.45, 7) is 1.92. The first-order chi connectivity index (χ1) is 9.87. The summed E-state index contributed by atoms with van der Waals surface area (Å²) in [6.07, 6.45) is 5.94. The topological polar surface area (TPSA) is 29.9 Å². The quantitative estimate of drug-likeness (QED) is 0.916. The number of nitrogens with one attached hydrogen (secondary N) is 1. The molecule has 0 saturated heterocycles. The van der Waals surface area contributed by atoms with E-state index in [-0.39, 0.29) is 0 Å². The Morgan fingerprint density at radius 2 is 2.15 bits per heavy atom. The highest BCUT2D eigenvalue weighted by atomic mass is 32.2. The zero-order valence-electron chi connectivity index (χ0n) is 11.5. The molecule has 1 fully saturated rings. The van der Waals surface area contributed by atoms with Crippen molar-refractivity contribution in [3.05, 3.63) is 47.8 Å². The van der Waals surface area contributed by atoms with Crippen molar-refractivity contribution in [2.24, 2.45) is 0 Å². The number of hydrogen-bond donors (Lipinski definition) is 1. The average molecular weight is 285 g/mol. The fourth-order valence-electron chi connectivity index (χ4n) is 2.70. The van der Waals surface area contributed by atoms with E-state index in [9.17, 15) is 0 Å². The van der Waals surface area contributed by atoms with Gasteiger partial charge in [-0.3, -0.25) is 4.68 Å². The minimum atomic E-state index is 0.622. The standard InChI is InChI=1S/C16H19N3S/c1-2-4-16-12(3-1)9-15(20-16)11-19-8-7-14(18-19)10-17-13-5-6-13/h1-4,7-8,13,15,17H,5-6,9-11H2. The number of fused-ring (bicyclic) bond motifs is 1. The van der Waals surface area contributed by atoms with E-state index in [1.807, 2.05) is 11.8 Å². The first-order valence-corrected chi connectivity index (χ1v) is 8.25. The first-order valence-electron chi connectivity index (χ1n) is 7.37. The number of benzene rings is 1. The number of rotatable bonds is 5. The molecule has 20 heavy (non-hydrogen) atoms. The van der Waals surface area contributed by atoms with E-state index < -0.39 is 0 Å². The summed E-state index contributed by atoms with van der Waals surface area (Å²) < 4.78 is 2.10. The molecule has 104 valence electrons. The largest absolute Gasteiger partial charge is 0.308 e. The summed E-state index contributed by atoms with van der Waals surface area (Å²) in [5.41, 5.74) is 2.66. The normalized spacial score (nSPS) is 21.1. The van der Waals surface area contributed by atoms with E-state index in [2.05, 4.69) is 51.6 Å². The minimum Gasteiger partial charge on any atom is -0.308 e. The molecule has 2 aromatic rings. The smallest absolute Gasteiger partial charge is 0.0762 e. The summed E-state index contributed by atoms with van der Waals surface area (Å²) in [7, 11) is 0. The lowest BCUT2D eigenvalue weighted by molar-refractivity contribution is 0.576. The van der Waals surface area contributed by atoms with E-state index in [1.54, 1.807) is 0 Å². The van der Waals surface area contributed by atoms with Crippen molar-refractivity contribution in [3.8, 4) is 0 Å². The van der Waals surface area contributed by atoms with Gasteiger partial charge in [0.25, 0.3) is 0 Å². The van der Waals surface area contributed by atoms with Gasteiger partial charge in [-0.05, 0) is 37.0 Å². The van der Waals surface area contributed by atoms with Crippen molar-refractivity contribution >= 4 is 11.8 Å². The number of thioether (sulfide) groups is 1. The molecule has 3 nitrogen and oxygen atoms in total. The zero-order chi connectivity index (χ0) is 13.4. The molecule has 1 aromatic heterocycles. The zero-order valence-corrected chi connectivity index (χ0v) is 12.3. The van der Waals surface area contributed by atoms with Crippen LogP contribution in [0.4, 0.5) is 0 Å². The minimum absolute atomic E-state index is 0.622. The van der Waals surface area contributed by atoms with Crippen LogP contribution in [0.1, 0.15) is 24.1 Å². The van der Waals surface area contributed by atoms with Crippen molar-refractivity contribution in [2.75, 3.05) is 0 Å². The Morgan fingerprint density at radius 3 is 3.00 bits per heavy atom. The van der Waals surface area contributed by atoms with Crippen LogP contribution in [-0.4, -0.2) is 21.1 Å². The molecule has 2 heterocycles. The van der Waals surface area contributed by atoms with Gasteiger partial charge < -0.3 is 5.32 Å². The highest BCUT2D eigenvalue weighted by Gasteiger charge is 2.23. The predicted molar refractivity (Wildman–Crippen MR) is 81.9 cm³/mol. The highest BCUT2D eigenvalue weighted by Crippen LogP contribution is 2.37. The molecule has 1 N–H and O–H groups in total. The van der Waals surface area contributed by atoms with Gasteiger partial charge in [-0.2, -0.15) is 5.10 Å². The molecule has 4 rings (SSSR count). The monoisotopic (exact) mass is 285 g/mol. The van der Waals surface area contributed by atoms with Crippen molar-refractivity contribution in [1.29, 1.82) is 0 Å².